The highest BCUT2D eigenvalue weighted by Gasteiger charge is 2.06. The maximum absolute atomic E-state index is 9.27. The molecular formula is C9H16O. The summed E-state index contributed by atoms with van der Waals surface area (Å²) in [5, 5.41) is 9.27. The summed E-state index contributed by atoms with van der Waals surface area (Å²) in [4.78, 5) is 0. The van der Waals surface area contributed by atoms with Gasteiger partial charge in [0.1, 0.15) is 0 Å². The fourth-order valence-electron chi connectivity index (χ4n) is 0.754. The van der Waals surface area contributed by atoms with Crippen molar-refractivity contribution in [3.05, 3.63) is 24.8 Å². The summed E-state index contributed by atoms with van der Waals surface area (Å²) in [7, 11) is 0. The zero-order valence-electron chi connectivity index (χ0n) is 6.75. The van der Waals surface area contributed by atoms with Crippen molar-refractivity contribution in [2.45, 2.75) is 26.4 Å². The maximum atomic E-state index is 9.27. The van der Waals surface area contributed by atoms with Gasteiger partial charge in [-0.15, -0.1) is 0 Å². The summed E-state index contributed by atoms with van der Waals surface area (Å²) >= 11 is 0. The smallest absolute Gasteiger partial charge is 0.0597 e. The molecule has 0 aliphatic heterocycles. The van der Waals surface area contributed by atoms with Gasteiger partial charge in [0.25, 0.3) is 0 Å². The fraction of sp³-hybridized carbons (Fsp3) is 0.556. The molecule has 0 aromatic heterocycles. The van der Waals surface area contributed by atoms with Crippen LogP contribution in [0.2, 0.25) is 0 Å². The van der Waals surface area contributed by atoms with Gasteiger partial charge in [0, 0.05) is 5.92 Å². The van der Waals surface area contributed by atoms with Crippen LogP contribution in [-0.4, -0.2) is 11.2 Å². The predicted octanol–water partition coefficient (Wildman–Crippen LogP) is 2.14. The highest BCUT2D eigenvalue weighted by atomic mass is 16.3. The predicted molar refractivity (Wildman–Crippen MR) is 44.8 cm³/mol. The second kappa shape index (κ2) is 5.24. The van der Waals surface area contributed by atoms with Crippen LogP contribution in [-0.2, 0) is 0 Å². The van der Waals surface area contributed by atoms with Gasteiger partial charge in [0.2, 0.25) is 0 Å². The van der Waals surface area contributed by atoms with Crippen molar-refractivity contribution < 1.29 is 5.11 Å². The third kappa shape index (κ3) is 3.46. The molecule has 0 radical (unpaired) electrons. The van der Waals surface area contributed by atoms with Crippen molar-refractivity contribution in [2.75, 3.05) is 0 Å². The molecule has 0 heterocycles. The minimum atomic E-state index is -0.212. The Morgan fingerprint density at radius 1 is 1.60 bits per heavy atom. The van der Waals surface area contributed by atoms with E-state index in [0.29, 0.717) is 0 Å². The van der Waals surface area contributed by atoms with E-state index in [9.17, 15) is 5.11 Å². The number of hydrogen-bond donors (Lipinski definition) is 1. The SMILES string of the molecule is C=C/C=C/C(C)C(O)CC. The van der Waals surface area contributed by atoms with Crippen molar-refractivity contribution in [3.63, 3.8) is 0 Å². The Kier molecular flexibility index (Phi) is 4.95. The van der Waals surface area contributed by atoms with Gasteiger partial charge in [-0.3, -0.25) is 0 Å². The first-order valence-electron chi connectivity index (χ1n) is 3.69. The average Bonchev–Trinajstić information content (AvgIpc) is 1.98. The summed E-state index contributed by atoms with van der Waals surface area (Å²) in [6.45, 7) is 7.52. The third-order valence-electron chi connectivity index (χ3n) is 1.58. The van der Waals surface area contributed by atoms with E-state index >= 15 is 0 Å². The van der Waals surface area contributed by atoms with Gasteiger partial charge in [-0.25, -0.2) is 0 Å². The largest absolute Gasteiger partial charge is 0.393 e. The lowest BCUT2D eigenvalue weighted by Crippen LogP contribution is -2.13. The van der Waals surface area contributed by atoms with Crippen LogP contribution in [0, 0.1) is 5.92 Å². The van der Waals surface area contributed by atoms with Crippen molar-refractivity contribution in [1.29, 1.82) is 0 Å². The zero-order chi connectivity index (χ0) is 7.98. The molecule has 0 bridgehead atoms. The molecule has 0 aromatic rings. The lowest BCUT2D eigenvalue weighted by atomic mass is 10.0. The molecule has 0 fully saturated rings. The van der Waals surface area contributed by atoms with Gasteiger partial charge in [0.15, 0.2) is 0 Å². The minimum Gasteiger partial charge on any atom is -0.393 e. The summed E-state index contributed by atoms with van der Waals surface area (Å²) < 4.78 is 0. The summed E-state index contributed by atoms with van der Waals surface area (Å²) in [6.07, 6.45) is 6.14. The molecule has 0 saturated carbocycles. The van der Waals surface area contributed by atoms with Gasteiger partial charge in [-0.2, -0.15) is 0 Å². The van der Waals surface area contributed by atoms with Gasteiger partial charge >= 0.3 is 0 Å². The Hall–Kier alpha value is -0.560. The zero-order valence-corrected chi connectivity index (χ0v) is 6.75. The molecular weight excluding hydrogens is 124 g/mol. The molecule has 2 atom stereocenters. The standard InChI is InChI=1S/C9H16O/c1-4-6-7-8(3)9(10)5-2/h4,6-10H,1,5H2,2-3H3/b7-6+. The Morgan fingerprint density at radius 3 is 2.60 bits per heavy atom. The van der Waals surface area contributed by atoms with Crippen LogP contribution in [0.3, 0.4) is 0 Å². The molecule has 1 heteroatoms. The van der Waals surface area contributed by atoms with E-state index in [4.69, 9.17) is 0 Å². The van der Waals surface area contributed by atoms with Crippen LogP contribution in [0.1, 0.15) is 20.3 Å². The number of aliphatic hydroxyl groups excluding tert-OH is 1. The third-order valence-corrected chi connectivity index (χ3v) is 1.58. The average molecular weight is 140 g/mol. The van der Waals surface area contributed by atoms with Crippen LogP contribution in [0.4, 0.5) is 0 Å². The van der Waals surface area contributed by atoms with Gasteiger partial charge < -0.3 is 5.11 Å². The van der Waals surface area contributed by atoms with Crippen molar-refractivity contribution in [2.24, 2.45) is 5.92 Å². The molecule has 0 aliphatic carbocycles. The van der Waals surface area contributed by atoms with E-state index < -0.39 is 0 Å². The molecule has 0 aliphatic rings. The van der Waals surface area contributed by atoms with Crippen LogP contribution >= 0.6 is 0 Å². The topological polar surface area (TPSA) is 20.2 Å². The minimum absolute atomic E-state index is 0.212. The van der Waals surface area contributed by atoms with Crippen LogP contribution in [0.5, 0.6) is 0 Å². The van der Waals surface area contributed by atoms with Crippen LogP contribution in [0.15, 0.2) is 24.8 Å². The fourth-order valence-corrected chi connectivity index (χ4v) is 0.754. The van der Waals surface area contributed by atoms with Crippen molar-refractivity contribution in [3.8, 4) is 0 Å². The first kappa shape index (κ1) is 9.44. The number of hydrogen-bond acceptors (Lipinski definition) is 1. The Balaban J connectivity index is 3.70. The van der Waals surface area contributed by atoms with Crippen molar-refractivity contribution in [1.82, 2.24) is 0 Å². The van der Waals surface area contributed by atoms with E-state index in [1.807, 2.05) is 26.0 Å². The van der Waals surface area contributed by atoms with Crippen LogP contribution in [0.25, 0.3) is 0 Å². The Bertz CT molecular complexity index is 116. The summed E-state index contributed by atoms with van der Waals surface area (Å²) in [6, 6.07) is 0. The Labute approximate surface area is 63.1 Å². The van der Waals surface area contributed by atoms with Gasteiger partial charge in [0.05, 0.1) is 6.10 Å². The lowest BCUT2D eigenvalue weighted by Gasteiger charge is -2.11. The summed E-state index contributed by atoms with van der Waals surface area (Å²) in [5.74, 6) is 0.239. The van der Waals surface area contributed by atoms with E-state index in [1.54, 1.807) is 6.08 Å². The number of aliphatic hydroxyl groups is 1. The number of rotatable bonds is 4. The number of allylic oxidation sites excluding steroid dienone is 2. The first-order valence-corrected chi connectivity index (χ1v) is 3.69. The van der Waals surface area contributed by atoms with E-state index in [-0.39, 0.29) is 12.0 Å². The van der Waals surface area contributed by atoms with Crippen molar-refractivity contribution >= 4 is 0 Å². The molecule has 0 saturated heterocycles. The van der Waals surface area contributed by atoms with E-state index in [2.05, 4.69) is 6.58 Å². The molecule has 0 amide bonds. The van der Waals surface area contributed by atoms with Gasteiger partial charge in [-0.1, -0.05) is 38.7 Å². The molecule has 2 unspecified atom stereocenters. The first-order chi connectivity index (χ1) is 4.72. The lowest BCUT2D eigenvalue weighted by molar-refractivity contribution is 0.134. The molecule has 0 spiro atoms. The molecule has 1 nitrogen and oxygen atoms in total. The molecule has 1 N–H and O–H groups in total. The second-order valence-corrected chi connectivity index (χ2v) is 2.46. The molecule has 0 rings (SSSR count). The molecule has 58 valence electrons. The summed E-state index contributed by atoms with van der Waals surface area (Å²) in [5.41, 5.74) is 0. The van der Waals surface area contributed by atoms with E-state index in [0.717, 1.165) is 6.42 Å². The normalized spacial score (nSPS) is 17.1. The van der Waals surface area contributed by atoms with Gasteiger partial charge in [-0.05, 0) is 6.42 Å². The van der Waals surface area contributed by atoms with Crippen LogP contribution < -0.4 is 0 Å². The monoisotopic (exact) mass is 140 g/mol. The second-order valence-electron chi connectivity index (χ2n) is 2.46. The van der Waals surface area contributed by atoms with E-state index in [1.165, 1.54) is 0 Å². The maximum Gasteiger partial charge on any atom is 0.0597 e. The molecule has 0 aromatic carbocycles. The highest BCUT2D eigenvalue weighted by molar-refractivity contribution is 5.00. The highest BCUT2D eigenvalue weighted by Crippen LogP contribution is 2.07. The Morgan fingerprint density at radius 2 is 2.20 bits per heavy atom. The quantitative estimate of drug-likeness (QED) is 0.593. The molecule has 10 heavy (non-hydrogen) atoms.